The first kappa shape index (κ1) is 19.3. The summed E-state index contributed by atoms with van der Waals surface area (Å²) in [5.41, 5.74) is 3.82. The summed E-state index contributed by atoms with van der Waals surface area (Å²) in [7, 11) is 0. The average molecular weight is 424 g/mol. The van der Waals surface area contributed by atoms with E-state index in [0.29, 0.717) is 17.0 Å². The van der Waals surface area contributed by atoms with Gasteiger partial charge in [0, 0.05) is 17.2 Å². The zero-order valence-electron chi connectivity index (χ0n) is 17.9. The molecule has 5 heteroatoms. The van der Waals surface area contributed by atoms with Crippen molar-refractivity contribution in [2.45, 2.75) is 44.1 Å². The lowest BCUT2D eigenvalue weighted by atomic mass is 9.53. The van der Waals surface area contributed by atoms with Crippen LogP contribution < -0.4 is 5.32 Å². The van der Waals surface area contributed by atoms with Gasteiger partial charge in [0.15, 0.2) is 11.5 Å². The number of aromatic nitrogens is 1. The van der Waals surface area contributed by atoms with E-state index >= 15 is 0 Å². The number of hydrogen-bond acceptors (Lipinski definition) is 4. The van der Waals surface area contributed by atoms with Gasteiger partial charge in [0.05, 0.1) is 11.6 Å². The molecule has 0 spiro atoms. The largest absolute Gasteiger partial charge is 0.355 e. The van der Waals surface area contributed by atoms with E-state index in [-0.39, 0.29) is 11.4 Å². The lowest BCUT2D eigenvalue weighted by Crippen LogP contribution is -2.59. The lowest BCUT2D eigenvalue weighted by Gasteiger charge is -2.56. The van der Waals surface area contributed by atoms with Crippen molar-refractivity contribution in [2.75, 3.05) is 0 Å². The maximum absolute atomic E-state index is 13.0. The molecule has 4 aliphatic carbocycles. The molecule has 4 fully saturated rings. The van der Waals surface area contributed by atoms with Gasteiger partial charge >= 0.3 is 0 Å². The van der Waals surface area contributed by atoms with Gasteiger partial charge in [0.2, 0.25) is 0 Å². The summed E-state index contributed by atoms with van der Waals surface area (Å²) in [5.74, 6) is 2.80. The molecule has 32 heavy (non-hydrogen) atoms. The molecule has 4 saturated carbocycles. The fourth-order valence-electron chi connectivity index (χ4n) is 6.68. The Morgan fingerprint density at radius 1 is 0.938 bits per heavy atom. The topological polar surface area (TPSA) is 78.9 Å². The number of carbonyl (C=O) groups is 1. The lowest BCUT2D eigenvalue weighted by molar-refractivity contribution is -0.0168. The first-order valence-corrected chi connectivity index (χ1v) is 11.5. The highest BCUT2D eigenvalue weighted by Gasteiger charge is 2.51. The van der Waals surface area contributed by atoms with Crippen LogP contribution in [0.2, 0.25) is 0 Å². The Labute approximate surface area is 187 Å². The number of carbonyl (C=O) groups excluding carboxylic acids is 1. The molecule has 2 aromatic carbocycles. The van der Waals surface area contributed by atoms with Crippen molar-refractivity contribution in [2.24, 2.45) is 17.8 Å². The van der Waals surface area contributed by atoms with Gasteiger partial charge in [-0.25, -0.2) is 0 Å². The quantitative estimate of drug-likeness (QED) is 0.594. The molecule has 1 N–H and O–H groups in total. The van der Waals surface area contributed by atoms with Crippen LogP contribution in [0.1, 0.15) is 54.6 Å². The number of rotatable bonds is 4. The van der Waals surface area contributed by atoms with Gasteiger partial charge in [-0.3, -0.25) is 4.79 Å². The molecule has 0 unspecified atom stereocenters. The van der Waals surface area contributed by atoms with Crippen molar-refractivity contribution in [1.29, 1.82) is 5.26 Å². The van der Waals surface area contributed by atoms with E-state index < -0.39 is 0 Å². The molecular formula is C27H25N3O2. The van der Waals surface area contributed by atoms with Crippen LogP contribution in [0.4, 0.5) is 0 Å². The second-order valence-electron chi connectivity index (χ2n) is 10.00. The smallest absolute Gasteiger partial charge is 0.273 e. The van der Waals surface area contributed by atoms with Crippen LogP contribution in [0.25, 0.3) is 22.5 Å². The third-order valence-electron chi connectivity index (χ3n) is 7.65. The summed E-state index contributed by atoms with van der Waals surface area (Å²) >= 11 is 0. The Hall–Kier alpha value is -3.39. The molecule has 7 rings (SSSR count). The van der Waals surface area contributed by atoms with E-state index in [1.165, 1.54) is 19.3 Å². The monoisotopic (exact) mass is 423 g/mol. The van der Waals surface area contributed by atoms with Crippen LogP contribution in [-0.2, 0) is 0 Å². The van der Waals surface area contributed by atoms with E-state index in [2.05, 4.69) is 16.5 Å². The highest BCUT2D eigenvalue weighted by atomic mass is 16.5. The molecule has 1 amide bonds. The van der Waals surface area contributed by atoms with Gasteiger partial charge in [0.1, 0.15) is 0 Å². The Morgan fingerprint density at radius 3 is 2.25 bits per heavy atom. The number of benzene rings is 2. The van der Waals surface area contributed by atoms with Gasteiger partial charge in [-0.15, -0.1) is 0 Å². The highest BCUT2D eigenvalue weighted by Crippen LogP contribution is 2.55. The minimum atomic E-state index is -0.119. The Morgan fingerprint density at radius 2 is 1.59 bits per heavy atom. The molecule has 4 aliphatic rings. The van der Waals surface area contributed by atoms with E-state index in [1.807, 2.05) is 42.5 Å². The highest BCUT2D eigenvalue weighted by molar-refractivity contribution is 5.93. The predicted molar refractivity (Wildman–Crippen MR) is 120 cm³/mol. The number of nitrogens with zero attached hydrogens (tertiary/aromatic N) is 2. The zero-order chi connectivity index (χ0) is 21.7. The second-order valence-corrected chi connectivity index (χ2v) is 10.00. The summed E-state index contributed by atoms with van der Waals surface area (Å²) in [6, 6.07) is 19.3. The van der Waals surface area contributed by atoms with Crippen LogP contribution in [0.15, 0.2) is 59.1 Å². The van der Waals surface area contributed by atoms with Gasteiger partial charge < -0.3 is 9.84 Å². The fourth-order valence-corrected chi connectivity index (χ4v) is 6.68. The van der Waals surface area contributed by atoms with Crippen molar-refractivity contribution < 1.29 is 9.32 Å². The van der Waals surface area contributed by atoms with Crippen LogP contribution in [0.5, 0.6) is 0 Å². The maximum atomic E-state index is 13.0. The Kier molecular flexibility index (Phi) is 4.43. The van der Waals surface area contributed by atoms with E-state index in [1.54, 1.807) is 12.1 Å². The molecule has 1 aromatic heterocycles. The molecule has 3 aromatic rings. The van der Waals surface area contributed by atoms with Crippen LogP contribution in [-0.4, -0.2) is 16.6 Å². The first-order valence-electron chi connectivity index (χ1n) is 11.5. The van der Waals surface area contributed by atoms with Crippen molar-refractivity contribution in [3.63, 3.8) is 0 Å². The van der Waals surface area contributed by atoms with E-state index in [0.717, 1.165) is 53.7 Å². The summed E-state index contributed by atoms with van der Waals surface area (Å²) in [5, 5.41) is 16.5. The third-order valence-corrected chi connectivity index (χ3v) is 7.65. The maximum Gasteiger partial charge on any atom is 0.273 e. The molecule has 0 saturated heterocycles. The summed E-state index contributed by atoms with van der Waals surface area (Å²) in [6.07, 6.45) is 7.39. The molecule has 1 heterocycles. The predicted octanol–water partition coefficient (Wildman–Crippen LogP) is 5.58. The molecule has 0 radical (unpaired) electrons. The number of nitrogens with one attached hydrogen (secondary N) is 1. The molecule has 0 aliphatic heterocycles. The first-order chi connectivity index (χ1) is 15.6. The molecule has 0 atom stereocenters. The van der Waals surface area contributed by atoms with Gasteiger partial charge in [0.25, 0.3) is 5.91 Å². The standard InChI is InChI=1S/C27H25N3O2/c28-16-17-2-1-3-23(11-17)21-4-6-22(7-5-21)25-12-24(30-32-25)26(31)29-27-13-18-8-19(14-27)10-20(9-18)15-27/h1-7,11-12,18-20H,8-10,13-15H2,(H,29,31). The zero-order valence-corrected chi connectivity index (χ0v) is 17.9. The molecular weight excluding hydrogens is 398 g/mol. The summed E-state index contributed by atoms with van der Waals surface area (Å²) in [6.45, 7) is 0. The third kappa shape index (κ3) is 3.40. The van der Waals surface area contributed by atoms with Gasteiger partial charge in [-0.05, 0) is 79.5 Å². The number of amides is 1. The van der Waals surface area contributed by atoms with Crippen LogP contribution >= 0.6 is 0 Å². The van der Waals surface area contributed by atoms with E-state index in [4.69, 9.17) is 9.78 Å². The van der Waals surface area contributed by atoms with Gasteiger partial charge in [-0.2, -0.15) is 5.26 Å². The van der Waals surface area contributed by atoms with Crippen molar-refractivity contribution in [1.82, 2.24) is 10.5 Å². The number of hydrogen-bond donors (Lipinski definition) is 1. The van der Waals surface area contributed by atoms with Gasteiger partial charge in [-0.1, -0.05) is 41.6 Å². The SMILES string of the molecule is N#Cc1cccc(-c2ccc(-c3cc(C(=O)NC45CC6CC(CC(C6)C4)C5)no3)cc2)c1. The van der Waals surface area contributed by atoms with E-state index in [9.17, 15) is 4.79 Å². The van der Waals surface area contributed by atoms with Crippen molar-refractivity contribution >= 4 is 5.91 Å². The molecule has 4 bridgehead atoms. The minimum absolute atomic E-state index is 0.0371. The molecule has 160 valence electrons. The van der Waals surface area contributed by atoms with Crippen molar-refractivity contribution in [3.05, 3.63) is 65.9 Å². The average Bonchev–Trinajstić information content (AvgIpc) is 3.29. The molecule has 5 nitrogen and oxygen atoms in total. The summed E-state index contributed by atoms with van der Waals surface area (Å²) in [4.78, 5) is 13.0. The van der Waals surface area contributed by atoms with Crippen molar-refractivity contribution in [3.8, 4) is 28.5 Å². The second kappa shape index (κ2) is 7.34. The van der Waals surface area contributed by atoms with Crippen LogP contribution in [0, 0.1) is 29.1 Å². The fraction of sp³-hybridized carbons (Fsp3) is 0.370. The Bertz CT molecular complexity index is 1180. The number of nitriles is 1. The Balaban J connectivity index is 1.18. The minimum Gasteiger partial charge on any atom is -0.355 e. The summed E-state index contributed by atoms with van der Waals surface area (Å²) < 4.78 is 5.52. The normalized spacial score (nSPS) is 27.8. The van der Waals surface area contributed by atoms with Crippen LogP contribution in [0.3, 0.4) is 0 Å².